The van der Waals surface area contributed by atoms with Crippen molar-refractivity contribution in [1.82, 2.24) is 14.8 Å². The molecule has 0 aliphatic heterocycles. The lowest BCUT2D eigenvalue weighted by Gasteiger charge is -2.02. The van der Waals surface area contributed by atoms with Crippen LogP contribution >= 0.6 is 0 Å². The number of nitrogens with zero attached hydrogens (tertiary/aromatic N) is 3. The van der Waals surface area contributed by atoms with Crippen LogP contribution in [-0.4, -0.2) is 21.3 Å². The van der Waals surface area contributed by atoms with Gasteiger partial charge < -0.3 is 11.5 Å². The first-order valence-corrected chi connectivity index (χ1v) is 4.01. The van der Waals surface area contributed by atoms with Gasteiger partial charge in [-0.15, -0.1) is 0 Å². The maximum atomic E-state index is 5.53. The zero-order chi connectivity index (χ0) is 9.14. The molecule has 1 atom stereocenters. The number of aromatic nitrogens is 3. The third-order valence-corrected chi connectivity index (χ3v) is 1.85. The second kappa shape index (κ2) is 3.53. The Balaban J connectivity index is 2.74. The van der Waals surface area contributed by atoms with E-state index in [2.05, 4.69) is 10.1 Å². The molecule has 0 spiro atoms. The van der Waals surface area contributed by atoms with E-state index >= 15 is 0 Å². The minimum Gasteiger partial charge on any atom is -0.368 e. The Morgan fingerprint density at radius 1 is 1.58 bits per heavy atom. The molecule has 1 unspecified atom stereocenters. The number of aryl methyl sites for hydroxylation is 1. The zero-order valence-electron chi connectivity index (χ0n) is 7.49. The third kappa shape index (κ3) is 1.73. The molecule has 5 nitrogen and oxygen atoms in total. The van der Waals surface area contributed by atoms with Crippen molar-refractivity contribution in [2.24, 2.45) is 12.8 Å². The van der Waals surface area contributed by atoms with Crippen LogP contribution in [-0.2, 0) is 7.05 Å². The van der Waals surface area contributed by atoms with Crippen LogP contribution in [0.2, 0.25) is 0 Å². The summed E-state index contributed by atoms with van der Waals surface area (Å²) in [5, 5.41) is 4.15. The smallest absolute Gasteiger partial charge is 0.218 e. The average molecular weight is 169 g/mol. The first-order valence-electron chi connectivity index (χ1n) is 4.01. The van der Waals surface area contributed by atoms with Crippen LogP contribution in [0.25, 0.3) is 0 Å². The van der Waals surface area contributed by atoms with E-state index in [0.717, 1.165) is 12.2 Å². The van der Waals surface area contributed by atoms with Gasteiger partial charge in [0, 0.05) is 13.0 Å². The molecule has 0 aliphatic rings. The molecule has 0 aromatic carbocycles. The summed E-state index contributed by atoms with van der Waals surface area (Å²) < 4.78 is 1.57. The molecule has 0 saturated carbocycles. The summed E-state index contributed by atoms with van der Waals surface area (Å²) in [6.45, 7) is 2.70. The highest BCUT2D eigenvalue weighted by Crippen LogP contribution is 2.14. The van der Waals surface area contributed by atoms with Crippen LogP contribution < -0.4 is 11.5 Å². The molecule has 1 aromatic heterocycles. The normalized spacial score (nSPS) is 13.2. The fourth-order valence-electron chi connectivity index (χ4n) is 1.00. The fraction of sp³-hybridized carbons (Fsp3) is 0.714. The Bertz CT molecular complexity index is 235. The lowest BCUT2D eigenvalue weighted by molar-refractivity contribution is 0.633. The van der Waals surface area contributed by atoms with Gasteiger partial charge in [-0.1, -0.05) is 6.92 Å². The highest BCUT2D eigenvalue weighted by Gasteiger charge is 2.10. The van der Waals surface area contributed by atoms with E-state index in [-0.39, 0.29) is 0 Å². The topological polar surface area (TPSA) is 82.7 Å². The van der Waals surface area contributed by atoms with E-state index in [1.165, 1.54) is 0 Å². The molecule has 68 valence electrons. The predicted octanol–water partition coefficient (Wildman–Crippen LogP) is -0.150. The molecule has 5 heteroatoms. The summed E-state index contributed by atoms with van der Waals surface area (Å²) in [5.74, 6) is 1.52. The SMILES string of the molecule is CC(CCN)c1nc(N)n(C)n1. The van der Waals surface area contributed by atoms with Gasteiger partial charge in [-0.25, -0.2) is 4.68 Å². The van der Waals surface area contributed by atoms with Crippen molar-refractivity contribution < 1.29 is 0 Å². The molecular formula is C7H15N5. The lowest BCUT2D eigenvalue weighted by atomic mass is 10.1. The molecule has 4 N–H and O–H groups in total. The molecule has 0 saturated heterocycles. The molecule has 0 bridgehead atoms. The van der Waals surface area contributed by atoms with Crippen LogP contribution in [0.15, 0.2) is 0 Å². The largest absolute Gasteiger partial charge is 0.368 e. The Kier molecular flexibility index (Phi) is 2.65. The monoisotopic (exact) mass is 169 g/mol. The van der Waals surface area contributed by atoms with Crippen LogP contribution in [0.3, 0.4) is 0 Å². The average Bonchev–Trinajstić information content (AvgIpc) is 2.33. The molecule has 1 heterocycles. The second-order valence-electron chi connectivity index (χ2n) is 2.93. The first kappa shape index (κ1) is 8.99. The van der Waals surface area contributed by atoms with Crippen LogP contribution in [0.1, 0.15) is 25.1 Å². The van der Waals surface area contributed by atoms with E-state index in [4.69, 9.17) is 11.5 Å². The predicted molar refractivity (Wildman–Crippen MR) is 47.5 cm³/mol. The van der Waals surface area contributed by atoms with Gasteiger partial charge in [-0.3, -0.25) is 0 Å². The quantitative estimate of drug-likeness (QED) is 0.659. The number of nitrogens with two attached hydrogens (primary N) is 2. The molecule has 1 rings (SSSR count). The maximum absolute atomic E-state index is 5.53. The van der Waals surface area contributed by atoms with Gasteiger partial charge in [0.2, 0.25) is 5.95 Å². The number of rotatable bonds is 3. The summed E-state index contributed by atoms with van der Waals surface area (Å²) in [5.41, 5.74) is 11.0. The molecule has 0 aliphatic carbocycles. The van der Waals surface area contributed by atoms with Crippen molar-refractivity contribution in [3.05, 3.63) is 5.82 Å². The van der Waals surface area contributed by atoms with Gasteiger partial charge in [0.15, 0.2) is 5.82 Å². The minimum absolute atomic E-state index is 0.290. The number of anilines is 1. The third-order valence-electron chi connectivity index (χ3n) is 1.85. The van der Waals surface area contributed by atoms with Crippen molar-refractivity contribution in [2.75, 3.05) is 12.3 Å². The van der Waals surface area contributed by atoms with Gasteiger partial charge in [-0.2, -0.15) is 10.1 Å². The standard InChI is InChI=1S/C7H15N5/c1-5(3-4-8)6-10-7(9)12(2)11-6/h5H,3-4,8H2,1-2H3,(H2,9,10,11). The van der Waals surface area contributed by atoms with Gasteiger partial charge in [-0.05, 0) is 13.0 Å². The van der Waals surface area contributed by atoms with Crippen molar-refractivity contribution in [3.8, 4) is 0 Å². The molecule has 12 heavy (non-hydrogen) atoms. The van der Waals surface area contributed by atoms with Crippen molar-refractivity contribution in [2.45, 2.75) is 19.3 Å². The molecule has 0 amide bonds. The summed E-state index contributed by atoms with van der Waals surface area (Å²) in [7, 11) is 1.78. The minimum atomic E-state index is 0.290. The van der Waals surface area contributed by atoms with Gasteiger partial charge in [0.1, 0.15) is 0 Å². The van der Waals surface area contributed by atoms with Gasteiger partial charge >= 0.3 is 0 Å². The highest BCUT2D eigenvalue weighted by molar-refractivity contribution is 5.16. The van der Waals surface area contributed by atoms with Crippen molar-refractivity contribution in [3.63, 3.8) is 0 Å². The lowest BCUT2D eigenvalue weighted by Crippen LogP contribution is -2.06. The number of hydrogen-bond donors (Lipinski definition) is 2. The van der Waals surface area contributed by atoms with Gasteiger partial charge in [0.05, 0.1) is 0 Å². The Morgan fingerprint density at radius 2 is 2.25 bits per heavy atom. The highest BCUT2D eigenvalue weighted by atomic mass is 15.4. The van der Waals surface area contributed by atoms with E-state index < -0.39 is 0 Å². The molecule has 0 radical (unpaired) electrons. The summed E-state index contributed by atoms with van der Waals surface area (Å²) in [6, 6.07) is 0. The molecule has 0 fully saturated rings. The Labute approximate surface area is 71.8 Å². The summed E-state index contributed by atoms with van der Waals surface area (Å²) in [4.78, 5) is 4.10. The van der Waals surface area contributed by atoms with E-state index in [9.17, 15) is 0 Å². The first-order chi connectivity index (χ1) is 5.65. The molecule has 1 aromatic rings. The van der Waals surface area contributed by atoms with Crippen molar-refractivity contribution >= 4 is 5.95 Å². The van der Waals surface area contributed by atoms with E-state index in [0.29, 0.717) is 18.4 Å². The number of nitrogen functional groups attached to an aromatic ring is 1. The van der Waals surface area contributed by atoms with Crippen LogP contribution in [0.5, 0.6) is 0 Å². The molecular weight excluding hydrogens is 154 g/mol. The van der Waals surface area contributed by atoms with Crippen molar-refractivity contribution in [1.29, 1.82) is 0 Å². The fourth-order valence-corrected chi connectivity index (χ4v) is 1.00. The summed E-state index contributed by atoms with van der Waals surface area (Å²) >= 11 is 0. The second-order valence-corrected chi connectivity index (χ2v) is 2.93. The van der Waals surface area contributed by atoms with Crippen LogP contribution in [0, 0.1) is 0 Å². The summed E-state index contributed by atoms with van der Waals surface area (Å²) in [6.07, 6.45) is 0.892. The zero-order valence-corrected chi connectivity index (χ0v) is 7.49. The Hall–Kier alpha value is -1.10. The van der Waals surface area contributed by atoms with Crippen LogP contribution in [0.4, 0.5) is 5.95 Å². The van der Waals surface area contributed by atoms with E-state index in [1.54, 1.807) is 11.7 Å². The Morgan fingerprint density at radius 3 is 2.67 bits per heavy atom. The number of hydrogen-bond acceptors (Lipinski definition) is 4. The maximum Gasteiger partial charge on any atom is 0.218 e. The van der Waals surface area contributed by atoms with Gasteiger partial charge in [0.25, 0.3) is 0 Å². The van der Waals surface area contributed by atoms with E-state index in [1.807, 2.05) is 6.92 Å².